The van der Waals surface area contributed by atoms with Crippen molar-refractivity contribution in [2.45, 2.75) is 30.1 Å². The number of aryl methyl sites for hydroxylation is 1. The van der Waals surface area contributed by atoms with Crippen molar-refractivity contribution in [1.82, 2.24) is 9.29 Å². The Morgan fingerprint density at radius 2 is 1.90 bits per heavy atom. The van der Waals surface area contributed by atoms with Crippen LogP contribution in [0.15, 0.2) is 40.2 Å². The molecule has 2 aliphatic heterocycles. The number of pyridine rings is 1. The summed E-state index contributed by atoms with van der Waals surface area (Å²) in [5.41, 5.74) is 6.14. The van der Waals surface area contributed by atoms with Crippen molar-refractivity contribution in [3.63, 3.8) is 0 Å². The van der Waals surface area contributed by atoms with Gasteiger partial charge in [0.15, 0.2) is 5.60 Å². The van der Waals surface area contributed by atoms with E-state index in [9.17, 15) is 26.7 Å². The Labute approximate surface area is 164 Å². The second-order valence-electron chi connectivity index (χ2n) is 7.18. The van der Waals surface area contributed by atoms with Crippen molar-refractivity contribution in [3.8, 4) is 11.3 Å². The standard InChI is InChI=1S/C18H17F3N4O3S/c1-10-6-12(29(27,28)25-8-17(26,9-25)18(19,20)21)3-4-13(10)14-5-2-11-7-23-16(22)15(11)24-14/h2-6,26H,7-9H2,1H3,(H2,22,23). The number of aliphatic hydroxyl groups is 1. The minimum Gasteiger partial charge on any atom is -0.382 e. The summed E-state index contributed by atoms with van der Waals surface area (Å²) in [7, 11) is -4.16. The van der Waals surface area contributed by atoms with Gasteiger partial charge in [0.25, 0.3) is 0 Å². The number of amidine groups is 1. The molecule has 0 aliphatic carbocycles. The van der Waals surface area contributed by atoms with Crippen molar-refractivity contribution >= 4 is 15.9 Å². The molecule has 2 aromatic rings. The minimum absolute atomic E-state index is 0.148. The highest BCUT2D eigenvalue weighted by Crippen LogP contribution is 2.40. The molecule has 2 aliphatic rings. The number of nitrogens with two attached hydrogens (primary N) is 1. The smallest absolute Gasteiger partial charge is 0.382 e. The van der Waals surface area contributed by atoms with E-state index in [1.54, 1.807) is 19.1 Å². The molecule has 3 N–H and O–H groups in total. The maximum Gasteiger partial charge on any atom is 0.419 e. The number of halogens is 3. The zero-order chi connectivity index (χ0) is 21.2. The highest BCUT2D eigenvalue weighted by molar-refractivity contribution is 7.89. The normalized spacial score (nSPS) is 18.9. The largest absolute Gasteiger partial charge is 0.419 e. The Morgan fingerprint density at radius 3 is 2.52 bits per heavy atom. The van der Waals surface area contributed by atoms with Crippen LogP contribution in [-0.2, 0) is 16.6 Å². The number of hydrogen-bond donors (Lipinski definition) is 2. The topological polar surface area (TPSA) is 109 Å². The molecule has 0 bridgehead atoms. The lowest BCUT2D eigenvalue weighted by Gasteiger charge is -2.45. The molecule has 1 fully saturated rings. The van der Waals surface area contributed by atoms with E-state index in [0.717, 1.165) is 5.56 Å². The van der Waals surface area contributed by atoms with Crippen LogP contribution in [-0.4, -0.2) is 53.5 Å². The molecule has 0 radical (unpaired) electrons. The van der Waals surface area contributed by atoms with Gasteiger partial charge < -0.3 is 10.8 Å². The summed E-state index contributed by atoms with van der Waals surface area (Å²) in [6.07, 6.45) is -4.89. The van der Waals surface area contributed by atoms with Crippen LogP contribution in [0, 0.1) is 6.92 Å². The van der Waals surface area contributed by atoms with Crippen molar-refractivity contribution in [3.05, 3.63) is 47.2 Å². The van der Waals surface area contributed by atoms with E-state index >= 15 is 0 Å². The number of alkyl halides is 3. The van der Waals surface area contributed by atoms with Gasteiger partial charge in [0, 0.05) is 11.1 Å². The minimum atomic E-state index is -4.89. The average molecular weight is 426 g/mol. The van der Waals surface area contributed by atoms with Gasteiger partial charge in [-0.05, 0) is 30.7 Å². The fourth-order valence-corrected chi connectivity index (χ4v) is 4.98. The van der Waals surface area contributed by atoms with Crippen LogP contribution in [0.2, 0.25) is 0 Å². The summed E-state index contributed by atoms with van der Waals surface area (Å²) in [6.45, 7) is 0.100. The van der Waals surface area contributed by atoms with Crippen LogP contribution in [0.4, 0.5) is 13.2 Å². The number of fused-ring (bicyclic) bond motifs is 1. The van der Waals surface area contributed by atoms with E-state index in [2.05, 4.69) is 9.98 Å². The molecule has 1 saturated heterocycles. The molecule has 1 aromatic heterocycles. The van der Waals surface area contributed by atoms with E-state index in [1.165, 1.54) is 12.1 Å². The number of aromatic nitrogens is 1. The van der Waals surface area contributed by atoms with Gasteiger partial charge in [-0.2, -0.15) is 17.5 Å². The molecule has 0 saturated carbocycles. The van der Waals surface area contributed by atoms with E-state index < -0.39 is 34.9 Å². The van der Waals surface area contributed by atoms with Crippen molar-refractivity contribution in [2.75, 3.05) is 13.1 Å². The van der Waals surface area contributed by atoms with Crippen molar-refractivity contribution < 1.29 is 26.7 Å². The van der Waals surface area contributed by atoms with Gasteiger partial charge in [-0.1, -0.05) is 12.1 Å². The summed E-state index contributed by atoms with van der Waals surface area (Å²) >= 11 is 0. The van der Waals surface area contributed by atoms with Crippen LogP contribution in [0.5, 0.6) is 0 Å². The van der Waals surface area contributed by atoms with Crippen LogP contribution < -0.4 is 5.73 Å². The number of sulfonamides is 1. The van der Waals surface area contributed by atoms with E-state index in [-0.39, 0.29) is 4.90 Å². The van der Waals surface area contributed by atoms with Gasteiger partial charge >= 0.3 is 6.18 Å². The summed E-state index contributed by atoms with van der Waals surface area (Å²) in [6, 6.07) is 7.87. The van der Waals surface area contributed by atoms with Crippen molar-refractivity contribution in [2.24, 2.45) is 10.7 Å². The molecule has 154 valence electrons. The molecule has 0 spiro atoms. The van der Waals surface area contributed by atoms with Gasteiger partial charge in [0.1, 0.15) is 11.5 Å². The Kier molecular flexibility index (Phi) is 4.27. The van der Waals surface area contributed by atoms with Crippen molar-refractivity contribution in [1.29, 1.82) is 0 Å². The highest BCUT2D eigenvalue weighted by Gasteiger charge is 2.63. The summed E-state index contributed by atoms with van der Waals surface area (Å²) in [5.74, 6) is 0.341. The van der Waals surface area contributed by atoms with Gasteiger partial charge in [-0.15, -0.1) is 0 Å². The van der Waals surface area contributed by atoms with Crippen LogP contribution in [0.25, 0.3) is 11.3 Å². The zero-order valence-corrected chi connectivity index (χ0v) is 16.0. The predicted molar refractivity (Wildman–Crippen MR) is 98.6 cm³/mol. The molecule has 0 atom stereocenters. The van der Waals surface area contributed by atoms with Crippen LogP contribution >= 0.6 is 0 Å². The van der Waals surface area contributed by atoms with Crippen LogP contribution in [0.1, 0.15) is 16.8 Å². The molecule has 1 aromatic carbocycles. The van der Waals surface area contributed by atoms with Crippen LogP contribution in [0.3, 0.4) is 0 Å². The first-order valence-corrected chi connectivity index (χ1v) is 10.1. The second-order valence-corrected chi connectivity index (χ2v) is 9.12. The van der Waals surface area contributed by atoms with E-state index in [0.29, 0.717) is 39.2 Å². The summed E-state index contributed by atoms with van der Waals surface area (Å²) in [5, 5.41) is 9.51. The molecular formula is C18H17F3N4O3S. The molecule has 7 nitrogen and oxygen atoms in total. The lowest BCUT2D eigenvalue weighted by atomic mass is 9.97. The Balaban J connectivity index is 1.62. The lowest BCUT2D eigenvalue weighted by molar-refractivity contribution is -0.290. The zero-order valence-electron chi connectivity index (χ0n) is 15.2. The number of hydrogen-bond acceptors (Lipinski definition) is 6. The molecule has 0 unspecified atom stereocenters. The Morgan fingerprint density at radius 1 is 1.21 bits per heavy atom. The first kappa shape index (κ1) is 19.8. The monoisotopic (exact) mass is 426 g/mol. The third-order valence-corrected chi connectivity index (χ3v) is 6.94. The molecule has 3 heterocycles. The molecule has 4 rings (SSSR count). The third kappa shape index (κ3) is 3.09. The molecule has 11 heteroatoms. The predicted octanol–water partition coefficient (Wildman–Crippen LogP) is 1.57. The SMILES string of the molecule is Cc1cc(S(=O)(=O)N2CC(O)(C(F)(F)F)C2)ccc1-c1ccc2c(n1)C(N)=NC2. The maximum absolute atomic E-state index is 12.8. The number of rotatable bonds is 3. The van der Waals surface area contributed by atoms with Gasteiger partial charge in [0.2, 0.25) is 10.0 Å². The Bertz CT molecular complexity index is 1140. The van der Waals surface area contributed by atoms with Gasteiger partial charge in [-0.25, -0.2) is 13.4 Å². The summed E-state index contributed by atoms with van der Waals surface area (Å²) < 4.78 is 64.2. The number of aliphatic imine (C=N–C) groups is 1. The summed E-state index contributed by atoms with van der Waals surface area (Å²) in [4.78, 5) is 8.46. The lowest BCUT2D eigenvalue weighted by Crippen LogP contribution is -2.70. The number of β-amino-alcohol motifs (C(OH)–C–C–N with tert-alkyl or cyclic N) is 1. The molecular weight excluding hydrogens is 409 g/mol. The fourth-order valence-electron chi connectivity index (χ4n) is 3.35. The quantitative estimate of drug-likeness (QED) is 0.775. The number of nitrogens with zero attached hydrogens (tertiary/aromatic N) is 3. The van der Waals surface area contributed by atoms with Gasteiger partial charge in [0.05, 0.1) is 30.2 Å². The fraction of sp³-hybridized carbons (Fsp3) is 0.333. The average Bonchev–Trinajstić information content (AvgIpc) is 2.98. The molecule has 0 amide bonds. The van der Waals surface area contributed by atoms with Gasteiger partial charge in [-0.3, -0.25) is 4.99 Å². The Hall–Kier alpha value is -2.50. The third-order valence-electron chi connectivity index (χ3n) is 5.16. The first-order valence-electron chi connectivity index (χ1n) is 8.63. The second kappa shape index (κ2) is 6.25. The highest BCUT2D eigenvalue weighted by atomic mass is 32.2. The van der Waals surface area contributed by atoms with E-state index in [4.69, 9.17) is 5.73 Å². The van der Waals surface area contributed by atoms with E-state index in [1.807, 2.05) is 6.07 Å². The molecule has 29 heavy (non-hydrogen) atoms. The first-order chi connectivity index (χ1) is 13.4. The number of benzene rings is 1. The maximum atomic E-state index is 12.8.